The van der Waals surface area contributed by atoms with Crippen LogP contribution in [0.15, 0.2) is 29.6 Å². The van der Waals surface area contributed by atoms with Crippen molar-refractivity contribution in [1.82, 2.24) is 34.0 Å². The molecule has 4 rings (SSSR count). The first-order valence-electron chi connectivity index (χ1n) is 9.08. The maximum Gasteiger partial charge on any atom is 0.433 e. The second-order valence-corrected chi connectivity index (χ2v) is 7.01. The van der Waals surface area contributed by atoms with Gasteiger partial charge < -0.3 is 9.88 Å². The highest BCUT2D eigenvalue weighted by molar-refractivity contribution is 5.37. The lowest BCUT2D eigenvalue weighted by molar-refractivity contribution is -0.141. The predicted octanol–water partition coefficient (Wildman–Crippen LogP) is 1.31. The van der Waals surface area contributed by atoms with Crippen LogP contribution in [0.1, 0.15) is 24.4 Å². The number of aryl methyl sites for hydroxylation is 1. The van der Waals surface area contributed by atoms with Crippen LogP contribution in [-0.4, -0.2) is 53.2 Å². The number of fused-ring (bicyclic) bond motifs is 1. The molecule has 0 aromatic carbocycles. The normalized spacial score (nSPS) is 16.4. The van der Waals surface area contributed by atoms with Crippen LogP contribution in [0.25, 0.3) is 5.65 Å². The fourth-order valence-electron chi connectivity index (χ4n) is 3.36. The van der Waals surface area contributed by atoms with Gasteiger partial charge in [0.1, 0.15) is 17.8 Å². The van der Waals surface area contributed by atoms with Crippen LogP contribution in [0, 0.1) is 0 Å². The summed E-state index contributed by atoms with van der Waals surface area (Å²) in [6, 6.07) is 0.944. The largest absolute Gasteiger partial charge is 0.433 e. The third kappa shape index (κ3) is 4.06. The number of likely N-dealkylation sites (tertiary alicyclic amines) is 1. The van der Waals surface area contributed by atoms with E-state index in [4.69, 9.17) is 0 Å². The van der Waals surface area contributed by atoms with E-state index in [1.165, 1.54) is 4.57 Å². The molecule has 0 bridgehead atoms. The lowest BCUT2D eigenvalue weighted by atomic mass is 10.1. The van der Waals surface area contributed by atoms with Crippen LogP contribution >= 0.6 is 0 Å². The van der Waals surface area contributed by atoms with Crippen LogP contribution in [0.5, 0.6) is 0 Å². The van der Waals surface area contributed by atoms with Gasteiger partial charge in [-0.2, -0.15) is 13.2 Å². The number of nitrogens with zero attached hydrogens (tertiary/aromatic N) is 7. The number of piperidine rings is 1. The molecule has 0 unspecified atom stereocenters. The van der Waals surface area contributed by atoms with Gasteiger partial charge >= 0.3 is 6.18 Å². The van der Waals surface area contributed by atoms with Crippen molar-refractivity contribution in [3.8, 4) is 0 Å². The molecule has 1 aliphatic heterocycles. The maximum absolute atomic E-state index is 12.8. The van der Waals surface area contributed by atoms with Crippen molar-refractivity contribution in [3.63, 3.8) is 0 Å². The topological polar surface area (TPSA) is 93.2 Å². The van der Waals surface area contributed by atoms with Crippen LogP contribution in [-0.2, 0) is 19.8 Å². The molecule has 0 spiro atoms. The molecule has 12 heteroatoms. The van der Waals surface area contributed by atoms with E-state index in [-0.39, 0.29) is 23.1 Å². The van der Waals surface area contributed by atoms with Crippen molar-refractivity contribution in [3.05, 3.63) is 46.7 Å². The molecule has 0 aliphatic carbocycles. The van der Waals surface area contributed by atoms with Gasteiger partial charge in [-0.3, -0.25) is 14.1 Å². The Morgan fingerprint density at radius 3 is 2.66 bits per heavy atom. The van der Waals surface area contributed by atoms with E-state index in [0.29, 0.717) is 12.4 Å². The van der Waals surface area contributed by atoms with Gasteiger partial charge in [0.2, 0.25) is 5.65 Å². The average Bonchev–Trinajstić information content (AvgIpc) is 3.09. The Labute approximate surface area is 163 Å². The third-order valence-corrected chi connectivity index (χ3v) is 4.98. The smallest absolute Gasteiger partial charge is 0.367 e. The quantitative estimate of drug-likeness (QED) is 0.696. The standard InChI is InChI=1S/C17H19F3N8O/c1-26-6-7-28-14(24-25-15(28)16(26)29)9-27-4-2-11(3-5-27)23-13-8-12(17(18,19)20)21-10-22-13/h6-8,10-11H,2-5,9H2,1H3,(H,21,22,23). The Morgan fingerprint density at radius 2 is 1.93 bits per heavy atom. The van der Waals surface area contributed by atoms with E-state index in [9.17, 15) is 18.0 Å². The molecule has 0 amide bonds. The number of hydrogen-bond donors (Lipinski definition) is 1. The Morgan fingerprint density at radius 1 is 1.17 bits per heavy atom. The Balaban J connectivity index is 1.37. The minimum Gasteiger partial charge on any atom is -0.367 e. The molecule has 29 heavy (non-hydrogen) atoms. The van der Waals surface area contributed by atoms with Crippen molar-refractivity contribution < 1.29 is 13.2 Å². The van der Waals surface area contributed by atoms with Gasteiger partial charge in [0, 0.05) is 44.6 Å². The first-order chi connectivity index (χ1) is 13.8. The van der Waals surface area contributed by atoms with Crippen molar-refractivity contribution in [2.75, 3.05) is 18.4 Å². The number of hydrogen-bond acceptors (Lipinski definition) is 7. The molecule has 1 saturated heterocycles. The number of alkyl halides is 3. The van der Waals surface area contributed by atoms with E-state index in [0.717, 1.165) is 38.3 Å². The van der Waals surface area contributed by atoms with E-state index in [2.05, 4.69) is 30.4 Å². The van der Waals surface area contributed by atoms with Gasteiger partial charge in [-0.15, -0.1) is 10.2 Å². The summed E-state index contributed by atoms with van der Waals surface area (Å²) in [6.45, 7) is 2.00. The fraction of sp³-hybridized carbons (Fsp3) is 0.471. The lowest BCUT2D eigenvalue weighted by Gasteiger charge is -2.32. The Hall–Kier alpha value is -3.02. The zero-order valence-electron chi connectivity index (χ0n) is 15.6. The van der Waals surface area contributed by atoms with E-state index in [1.807, 2.05) is 0 Å². The number of halogens is 3. The van der Waals surface area contributed by atoms with Crippen molar-refractivity contribution in [1.29, 1.82) is 0 Å². The number of anilines is 1. The summed E-state index contributed by atoms with van der Waals surface area (Å²) in [4.78, 5) is 21.4. The van der Waals surface area contributed by atoms with Crippen LogP contribution in [0.2, 0.25) is 0 Å². The maximum atomic E-state index is 12.8. The van der Waals surface area contributed by atoms with E-state index < -0.39 is 11.9 Å². The number of nitrogens with one attached hydrogen (secondary N) is 1. The highest BCUT2D eigenvalue weighted by Crippen LogP contribution is 2.28. The van der Waals surface area contributed by atoms with Gasteiger partial charge in [0.25, 0.3) is 5.56 Å². The summed E-state index contributed by atoms with van der Waals surface area (Å²) in [6.07, 6.45) is 1.32. The summed E-state index contributed by atoms with van der Waals surface area (Å²) in [7, 11) is 1.66. The minimum atomic E-state index is -4.50. The van der Waals surface area contributed by atoms with E-state index >= 15 is 0 Å². The molecule has 1 N–H and O–H groups in total. The summed E-state index contributed by atoms with van der Waals surface area (Å²) in [5, 5.41) is 11.2. The van der Waals surface area contributed by atoms with Gasteiger partial charge in [0.15, 0.2) is 5.82 Å². The SMILES string of the molecule is Cn1ccn2c(CN3CCC(Nc4cc(C(F)(F)F)ncn4)CC3)nnc2c1=O. The minimum absolute atomic E-state index is 0.0182. The lowest BCUT2D eigenvalue weighted by Crippen LogP contribution is -2.39. The zero-order valence-corrected chi connectivity index (χ0v) is 15.6. The second kappa shape index (κ2) is 7.43. The van der Waals surface area contributed by atoms with Crippen LogP contribution in [0.3, 0.4) is 0 Å². The Bertz CT molecular complexity index is 1070. The molecular weight excluding hydrogens is 389 g/mol. The molecular formula is C17H19F3N8O. The number of rotatable bonds is 4. The average molecular weight is 408 g/mol. The molecule has 1 fully saturated rings. The summed E-state index contributed by atoms with van der Waals surface area (Å²) >= 11 is 0. The summed E-state index contributed by atoms with van der Waals surface area (Å²) in [5.74, 6) is 0.847. The molecule has 3 aromatic heterocycles. The first kappa shape index (κ1) is 19.3. The Kier molecular flexibility index (Phi) is 4.94. The van der Waals surface area contributed by atoms with E-state index in [1.54, 1.807) is 23.8 Å². The molecule has 1 aliphatic rings. The second-order valence-electron chi connectivity index (χ2n) is 7.01. The van der Waals surface area contributed by atoms with Gasteiger partial charge in [-0.1, -0.05) is 0 Å². The fourth-order valence-corrected chi connectivity index (χ4v) is 3.36. The molecule has 3 aromatic rings. The first-order valence-corrected chi connectivity index (χ1v) is 9.08. The highest BCUT2D eigenvalue weighted by Gasteiger charge is 2.33. The monoisotopic (exact) mass is 408 g/mol. The van der Waals surface area contributed by atoms with Gasteiger partial charge in [0.05, 0.1) is 6.54 Å². The summed E-state index contributed by atoms with van der Waals surface area (Å²) < 4.78 is 41.5. The highest BCUT2D eigenvalue weighted by atomic mass is 19.4. The van der Waals surface area contributed by atoms with Crippen molar-refractivity contribution in [2.24, 2.45) is 7.05 Å². The third-order valence-electron chi connectivity index (χ3n) is 4.98. The van der Waals surface area contributed by atoms with Crippen LogP contribution < -0.4 is 10.9 Å². The van der Waals surface area contributed by atoms with Gasteiger partial charge in [-0.05, 0) is 12.8 Å². The van der Waals surface area contributed by atoms with Crippen molar-refractivity contribution >= 4 is 11.5 Å². The molecule has 4 heterocycles. The number of aromatic nitrogens is 6. The molecule has 0 radical (unpaired) electrons. The summed E-state index contributed by atoms with van der Waals surface area (Å²) in [5.41, 5.74) is -0.889. The molecule has 154 valence electrons. The molecule has 0 saturated carbocycles. The van der Waals surface area contributed by atoms with Crippen molar-refractivity contribution in [2.45, 2.75) is 31.6 Å². The molecule has 9 nitrogen and oxygen atoms in total. The van der Waals surface area contributed by atoms with Gasteiger partial charge in [-0.25, -0.2) is 9.97 Å². The van der Waals surface area contributed by atoms with Crippen LogP contribution in [0.4, 0.5) is 19.0 Å². The predicted molar refractivity (Wildman–Crippen MR) is 97.2 cm³/mol. The molecule has 0 atom stereocenters. The zero-order chi connectivity index (χ0) is 20.6.